The van der Waals surface area contributed by atoms with Crippen LogP contribution in [0.2, 0.25) is 0 Å². The summed E-state index contributed by atoms with van der Waals surface area (Å²) in [6.07, 6.45) is 1.36. The quantitative estimate of drug-likeness (QED) is 0.873. The Labute approximate surface area is 160 Å². The second kappa shape index (κ2) is 8.71. The van der Waals surface area contributed by atoms with Crippen LogP contribution in [0.15, 0.2) is 48.5 Å². The van der Waals surface area contributed by atoms with E-state index in [1.165, 1.54) is 0 Å². The molecule has 1 aliphatic rings. The predicted octanol–water partition coefficient (Wildman–Crippen LogP) is 3.88. The molecule has 2 aromatic rings. The Balaban J connectivity index is 1.52. The van der Waals surface area contributed by atoms with Crippen LogP contribution in [-0.2, 0) is 4.79 Å². The van der Waals surface area contributed by atoms with Crippen molar-refractivity contribution in [3.05, 3.63) is 59.7 Å². The van der Waals surface area contributed by atoms with Crippen LogP contribution in [0, 0.1) is 12.8 Å². The van der Waals surface area contributed by atoms with E-state index in [0.717, 1.165) is 17.0 Å². The molecule has 1 N–H and O–H groups in total. The number of hydrogen-bond donors (Lipinski definition) is 1. The molecule has 0 spiro atoms. The fraction of sp³-hybridized carbons (Fsp3) is 0.364. The van der Waals surface area contributed by atoms with Crippen molar-refractivity contribution in [2.45, 2.75) is 26.7 Å². The standard InChI is InChI=1S/C22H26N2O3/c1-3-27-20-9-7-19(8-10-20)23-21(25)17-11-13-24(14-12-17)22(26)18-6-4-5-16(2)15-18/h4-10,15,17H,3,11-14H2,1-2H3,(H,23,25). The van der Waals surface area contributed by atoms with Crippen molar-refractivity contribution in [2.24, 2.45) is 5.92 Å². The van der Waals surface area contributed by atoms with Crippen LogP contribution in [0.3, 0.4) is 0 Å². The first kappa shape index (κ1) is 19.0. The lowest BCUT2D eigenvalue weighted by Crippen LogP contribution is -2.41. The van der Waals surface area contributed by atoms with E-state index in [-0.39, 0.29) is 17.7 Å². The molecule has 0 aliphatic carbocycles. The Hall–Kier alpha value is -2.82. The zero-order valence-electron chi connectivity index (χ0n) is 15.9. The minimum Gasteiger partial charge on any atom is -0.494 e. The van der Waals surface area contributed by atoms with Gasteiger partial charge in [0, 0.05) is 30.3 Å². The molecule has 2 amide bonds. The van der Waals surface area contributed by atoms with Crippen molar-refractivity contribution in [1.82, 2.24) is 4.90 Å². The zero-order chi connectivity index (χ0) is 19.2. The summed E-state index contributed by atoms with van der Waals surface area (Å²) in [5, 5.41) is 2.97. The van der Waals surface area contributed by atoms with E-state index in [1.54, 1.807) is 0 Å². The second-order valence-electron chi connectivity index (χ2n) is 6.88. The molecule has 3 rings (SSSR count). The minimum atomic E-state index is -0.0712. The highest BCUT2D eigenvalue weighted by molar-refractivity contribution is 5.95. The number of nitrogens with zero attached hydrogens (tertiary/aromatic N) is 1. The first-order valence-corrected chi connectivity index (χ1v) is 9.46. The number of likely N-dealkylation sites (tertiary alicyclic amines) is 1. The number of benzene rings is 2. The fourth-order valence-corrected chi connectivity index (χ4v) is 3.35. The summed E-state index contributed by atoms with van der Waals surface area (Å²) < 4.78 is 5.41. The Morgan fingerprint density at radius 3 is 2.44 bits per heavy atom. The highest BCUT2D eigenvalue weighted by Crippen LogP contribution is 2.22. The molecule has 1 heterocycles. The topological polar surface area (TPSA) is 58.6 Å². The molecule has 1 fully saturated rings. The average molecular weight is 366 g/mol. The molecule has 27 heavy (non-hydrogen) atoms. The fourth-order valence-electron chi connectivity index (χ4n) is 3.35. The summed E-state index contributed by atoms with van der Waals surface area (Å²) >= 11 is 0. The number of nitrogens with one attached hydrogen (secondary N) is 1. The largest absolute Gasteiger partial charge is 0.494 e. The van der Waals surface area contributed by atoms with Gasteiger partial charge in [0.05, 0.1) is 6.61 Å². The molecule has 0 bridgehead atoms. The van der Waals surface area contributed by atoms with Crippen LogP contribution in [0.4, 0.5) is 5.69 Å². The molecule has 0 saturated carbocycles. The summed E-state index contributed by atoms with van der Waals surface area (Å²) in [6, 6.07) is 15.0. The van der Waals surface area contributed by atoms with Crippen LogP contribution >= 0.6 is 0 Å². The van der Waals surface area contributed by atoms with Gasteiger partial charge in [-0.15, -0.1) is 0 Å². The number of piperidine rings is 1. The highest BCUT2D eigenvalue weighted by atomic mass is 16.5. The molecule has 0 unspecified atom stereocenters. The van der Waals surface area contributed by atoms with Crippen LogP contribution < -0.4 is 10.1 Å². The SMILES string of the molecule is CCOc1ccc(NC(=O)C2CCN(C(=O)c3cccc(C)c3)CC2)cc1. The number of anilines is 1. The van der Waals surface area contributed by atoms with Gasteiger partial charge >= 0.3 is 0 Å². The van der Waals surface area contributed by atoms with E-state index in [2.05, 4.69) is 5.32 Å². The predicted molar refractivity (Wildman–Crippen MR) is 106 cm³/mol. The number of carbonyl (C=O) groups is 2. The summed E-state index contributed by atoms with van der Waals surface area (Å²) in [5.74, 6) is 0.780. The van der Waals surface area contributed by atoms with Gasteiger partial charge in [0.2, 0.25) is 5.91 Å². The van der Waals surface area contributed by atoms with Crippen molar-refractivity contribution in [3.8, 4) is 5.75 Å². The summed E-state index contributed by atoms with van der Waals surface area (Å²) in [7, 11) is 0. The normalized spacial score (nSPS) is 14.7. The van der Waals surface area contributed by atoms with Gasteiger partial charge in [-0.25, -0.2) is 0 Å². The lowest BCUT2D eigenvalue weighted by atomic mass is 9.95. The van der Waals surface area contributed by atoms with Gasteiger partial charge in [-0.1, -0.05) is 17.7 Å². The van der Waals surface area contributed by atoms with E-state index in [0.29, 0.717) is 38.1 Å². The van der Waals surface area contributed by atoms with Crippen molar-refractivity contribution in [2.75, 3.05) is 25.0 Å². The Bertz CT molecular complexity index is 793. The molecular formula is C22H26N2O3. The van der Waals surface area contributed by atoms with Crippen LogP contribution in [0.5, 0.6) is 5.75 Å². The maximum atomic E-state index is 12.6. The van der Waals surface area contributed by atoms with Crippen LogP contribution in [0.1, 0.15) is 35.7 Å². The molecule has 1 aliphatic heterocycles. The van der Waals surface area contributed by atoms with Gasteiger partial charge < -0.3 is 15.0 Å². The number of hydrogen-bond acceptors (Lipinski definition) is 3. The molecular weight excluding hydrogens is 340 g/mol. The van der Waals surface area contributed by atoms with Gasteiger partial charge in [-0.3, -0.25) is 9.59 Å². The molecule has 0 aromatic heterocycles. The van der Waals surface area contributed by atoms with Crippen molar-refractivity contribution >= 4 is 17.5 Å². The molecule has 1 saturated heterocycles. The molecule has 0 atom stereocenters. The van der Waals surface area contributed by atoms with E-state index in [1.807, 2.05) is 67.3 Å². The number of ether oxygens (including phenoxy) is 1. The maximum Gasteiger partial charge on any atom is 0.253 e. The van der Waals surface area contributed by atoms with E-state index in [9.17, 15) is 9.59 Å². The van der Waals surface area contributed by atoms with Gasteiger partial charge in [0.25, 0.3) is 5.91 Å². The lowest BCUT2D eigenvalue weighted by Gasteiger charge is -2.31. The highest BCUT2D eigenvalue weighted by Gasteiger charge is 2.27. The molecule has 5 nitrogen and oxygen atoms in total. The molecule has 2 aromatic carbocycles. The molecule has 5 heteroatoms. The van der Waals surface area contributed by atoms with Crippen LogP contribution in [-0.4, -0.2) is 36.4 Å². The zero-order valence-corrected chi connectivity index (χ0v) is 15.9. The third-order valence-electron chi connectivity index (χ3n) is 4.85. The van der Waals surface area contributed by atoms with Crippen LogP contribution in [0.25, 0.3) is 0 Å². The smallest absolute Gasteiger partial charge is 0.253 e. The van der Waals surface area contributed by atoms with Gasteiger partial charge in [-0.2, -0.15) is 0 Å². The van der Waals surface area contributed by atoms with Crippen molar-refractivity contribution in [1.29, 1.82) is 0 Å². The monoisotopic (exact) mass is 366 g/mol. The first-order chi connectivity index (χ1) is 13.1. The van der Waals surface area contributed by atoms with E-state index >= 15 is 0 Å². The van der Waals surface area contributed by atoms with E-state index in [4.69, 9.17) is 4.74 Å². The third-order valence-corrected chi connectivity index (χ3v) is 4.85. The van der Waals surface area contributed by atoms with Gasteiger partial charge in [-0.05, 0) is 63.1 Å². The molecule has 0 radical (unpaired) electrons. The van der Waals surface area contributed by atoms with E-state index < -0.39 is 0 Å². The second-order valence-corrected chi connectivity index (χ2v) is 6.88. The number of aryl methyl sites for hydroxylation is 1. The maximum absolute atomic E-state index is 12.6. The summed E-state index contributed by atoms with van der Waals surface area (Å²) in [6.45, 7) is 5.74. The number of amides is 2. The Morgan fingerprint density at radius 1 is 1.11 bits per heavy atom. The summed E-state index contributed by atoms with van der Waals surface area (Å²) in [5.41, 5.74) is 2.56. The minimum absolute atomic E-state index is 0.0156. The first-order valence-electron chi connectivity index (χ1n) is 9.46. The Kier molecular flexibility index (Phi) is 6.12. The van der Waals surface area contributed by atoms with Crippen molar-refractivity contribution < 1.29 is 14.3 Å². The Morgan fingerprint density at radius 2 is 1.81 bits per heavy atom. The van der Waals surface area contributed by atoms with Gasteiger partial charge in [0.1, 0.15) is 5.75 Å². The van der Waals surface area contributed by atoms with Crippen molar-refractivity contribution in [3.63, 3.8) is 0 Å². The summed E-state index contributed by atoms with van der Waals surface area (Å²) in [4.78, 5) is 27.0. The number of rotatable bonds is 5. The number of carbonyl (C=O) groups excluding carboxylic acids is 2. The average Bonchev–Trinajstić information content (AvgIpc) is 2.69. The van der Waals surface area contributed by atoms with Gasteiger partial charge in [0.15, 0.2) is 0 Å². The lowest BCUT2D eigenvalue weighted by molar-refractivity contribution is -0.121. The molecule has 142 valence electrons. The third kappa shape index (κ3) is 4.88.